The molecule has 1 saturated heterocycles. The van der Waals surface area contributed by atoms with Crippen LogP contribution in [0.15, 0.2) is 53.7 Å². The third kappa shape index (κ3) is 5.35. The summed E-state index contributed by atoms with van der Waals surface area (Å²) in [6.45, 7) is 3.31. The van der Waals surface area contributed by atoms with E-state index in [1.165, 1.54) is 43.3 Å². The molecule has 3 aromatic rings. The van der Waals surface area contributed by atoms with Gasteiger partial charge in [-0.15, -0.1) is 5.10 Å². The van der Waals surface area contributed by atoms with Crippen LogP contribution in [0.1, 0.15) is 18.4 Å². The molecule has 1 aliphatic rings. The number of hydrogen-bond acceptors (Lipinski definition) is 6. The summed E-state index contributed by atoms with van der Waals surface area (Å²) in [5.74, 6) is 0.108. The maximum atomic E-state index is 12.3. The molecule has 0 spiro atoms. The molecule has 0 bridgehead atoms. The normalized spacial score (nSPS) is 14.2. The highest BCUT2D eigenvalue weighted by molar-refractivity contribution is 7.99. The average Bonchev–Trinajstić information content (AvgIpc) is 3.40. The summed E-state index contributed by atoms with van der Waals surface area (Å²) in [4.78, 5) is 14.8. The van der Waals surface area contributed by atoms with Crippen molar-refractivity contribution in [1.82, 2.24) is 25.1 Å². The van der Waals surface area contributed by atoms with Gasteiger partial charge in [-0.25, -0.2) is 0 Å². The molecule has 9 heteroatoms. The Morgan fingerprint density at radius 1 is 1.07 bits per heavy atom. The van der Waals surface area contributed by atoms with E-state index in [9.17, 15) is 4.79 Å². The van der Waals surface area contributed by atoms with E-state index < -0.39 is 0 Å². The van der Waals surface area contributed by atoms with Gasteiger partial charge in [0.05, 0.1) is 11.4 Å². The molecule has 1 amide bonds. The summed E-state index contributed by atoms with van der Waals surface area (Å²) in [6, 6.07) is 15.2. The van der Waals surface area contributed by atoms with Crippen LogP contribution < -0.4 is 5.32 Å². The average molecular weight is 429 g/mol. The van der Waals surface area contributed by atoms with E-state index in [2.05, 4.69) is 37.9 Å². The first-order valence-corrected chi connectivity index (χ1v) is 10.8. The maximum absolute atomic E-state index is 12.3. The van der Waals surface area contributed by atoms with Gasteiger partial charge in [0, 0.05) is 17.3 Å². The van der Waals surface area contributed by atoms with Crippen LogP contribution in [-0.2, 0) is 11.3 Å². The number of likely N-dealkylation sites (tertiary alicyclic amines) is 1. The first kappa shape index (κ1) is 19.9. The van der Waals surface area contributed by atoms with E-state index in [0.29, 0.717) is 10.2 Å². The Hall–Kier alpha value is -2.42. The van der Waals surface area contributed by atoms with Crippen molar-refractivity contribution in [2.75, 3.05) is 24.2 Å². The SMILES string of the molecule is O=C(CSc1nnnn1-c1ccc(Cl)cc1)Nc1ccc(CN2CCCC2)cc1. The number of carbonyl (C=O) groups excluding carboxylic acids is 1. The van der Waals surface area contributed by atoms with Gasteiger partial charge < -0.3 is 5.32 Å². The molecule has 150 valence electrons. The molecule has 1 aliphatic heterocycles. The van der Waals surface area contributed by atoms with Gasteiger partial charge in [-0.05, 0) is 78.3 Å². The molecule has 7 nitrogen and oxygen atoms in total. The van der Waals surface area contributed by atoms with Crippen LogP contribution in [0.3, 0.4) is 0 Å². The molecule has 1 fully saturated rings. The number of carbonyl (C=O) groups is 1. The smallest absolute Gasteiger partial charge is 0.234 e. The lowest BCUT2D eigenvalue weighted by Gasteiger charge is -2.14. The fourth-order valence-electron chi connectivity index (χ4n) is 3.23. The van der Waals surface area contributed by atoms with Gasteiger partial charge in [-0.1, -0.05) is 35.5 Å². The van der Waals surface area contributed by atoms with Crippen molar-refractivity contribution >= 4 is 35.0 Å². The fraction of sp³-hybridized carbons (Fsp3) is 0.300. The van der Waals surface area contributed by atoms with Gasteiger partial charge in [0.1, 0.15) is 0 Å². The maximum Gasteiger partial charge on any atom is 0.234 e. The van der Waals surface area contributed by atoms with Gasteiger partial charge in [-0.3, -0.25) is 9.69 Å². The number of rotatable bonds is 7. The van der Waals surface area contributed by atoms with Gasteiger partial charge in [-0.2, -0.15) is 4.68 Å². The number of amides is 1. The Labute approximate surface area is 178 Å². The molecule has 0 radical (unpaired) electrons. The predicted octanol–water partition coefficient (Wildman–Crippen LogP) is 3.64. The molecule has 2 aromatic carbocycles. The summed E-state index contributed by atoms with van der Waals surface area (Å²) in [5.41, 5.74) is 2.84. The summed E-state index contributed by atoms with van der Waals surface area (Å²) in [6.07, 6.45) is 2.57. The van der Waals surface area contributed by atoms with Crippen molar-refractivity contribution in [3.8, 4) is 5.69 Å². The topological polar surface area (TPSA) is 75.9 Å². The number of anilines is 1. The van der Waals surface area contributed by atoms with Crippen molar-refractivity contribution in [1.29, 1.82) is 0 Å². The zero-order chi connectivity index (χ0) is 20.1. The van der Waals surface area contributed by atoms with E-state index in [4.69, 9.17) is 11.6 Å². The number of halogens is 1. The van der Waals surface area contributed by atoms with Crippen molar-refractivity contribution < 1.29 is 4.79 Å². The second-order valence-electron chi connectivity index (χ2n) is 6.87. The van der Waals surface area contributed by atoms with Crippen molar-refractivity contribution in [2.45, 2.75) is 24.5 Å². The first-order chi connectivity index (χ1) is 14.2. The summed E-state index contributed by atoms with van der Waals surface area (Å²) in [7, 11) is 0. The Bertz CT molecular complexity index is 954. The molecule has 1 aromatic heterocycles. The molecule has 0 aliphatic carbocycles. The third-order valence-electron chi connectivity index (χ3n) is 4.69. The Morgan fingerprint density at radius 3 is 2.52 bits per heavy atom. The van der Waals surface area contributed by atoms with Crippen LogP contribution >= 0.6 is 23.4 Å². The number of benzene rings is 2. The molecule has 0 atom stereocenters. The highest BCUT2D eigenvalue weighted by atomic mass is 35.5. The summed E-state index contributed by atoms with van der Waals surface area (Å²) < 4.78 is 1.58. The number of thioether (sulfide) groups is 1. The minimum Gasteiger partial charge on any atom is -0.325 e. The second-order valence-corrected chi connectivity index (χ2v) is 8.25. The van der Waals surface area contributed by atoms with Gasteiger partial charge in [0.2, 0.25) is 11.1 Å². The van der Waals surface area contributed by atoms with Crippen LogP contribution in [0, 0.1) is 0 Å². The Balaban J connectivity index is 1.30. The van der Waals surface area contributed by atoms with Crippen LogP contribution in [0.25, 0.3) is 5.69 Å². The van der Waals surface area contributed by atoms with E-state index >= 15 is 0 Å². The molecule has 29 heavy (non-hydrogen) atoms. The van der Waals surface area contributed by atoms with Gasteiger partial charge in [0.15, 0.2) is 0 Å². The van der Waals surface area contributed by atoms with E-state index in [1.807, 2.05) is 24.3 Å². The lowest BCUT2D eigenvalue weighted by molar-refractivity contribution is -0.113. The standard InChI is InChI=1S/C20H21ClN6OS/c21-16-5-9-18(10-6-16)27-20(23-24-25-27)29-14-19(28)22-17-7-3-15(4-8-17)13-26-11-1-2-12-26/h3-10H,1-2,11-14H2,(H,22,28). The molecule has 1 N–H and O–H groups in total. The molecule has 2 heterocycles. The molecule has 0 saturated carbocycles. The zero-order valence-electron chi connectivity index (χ0n) is 15.8. The van der Waals surface area contributed by atoms with Crippen LogP contribution in [-0.4, -0.2) is 49.9 Å². The first-order valence-electron chi connectivity index (χ1n) is 9.46. The second kappa shape index (κ2) is 9.39. The van der Waals surface area contributed by atoms with Crippen LogP contribution in [0.5, 0.6) is 0 Å². The molecule has 4 rings (SSSR count). The van der Waals surface area contributed by atoms with Crippen molar-refractivity contribution in [2.24, 2.45) is 0 Å². The van der Waals surface area contributed by atoms with Gasteiger partial charge >= 0.3 is 0 Å². The Kier molecular flexibility index (Phi) is 6.43. The predicted molar refractivity (Wildman–Crippen MR) is 114 cm³/mol. The monoisotopic (exact) mass is 428 g/mol. The van der Waals surface area contributed by atoms with E-state index in [0.717, 1.165) is 17.9 Å². The lowest BCUT2D eigenvalue weighted by atomic mass is 10.2. The zero-order valence-corrected chi connectivity index (χ0v) is 17.4. The van der Waals surface area contributed by atoms with Crippen LogP contribution in [0.4, 0.5) is 5.69 Å². The lowest BCUT2D eigenvalue weighted by Crippen LogP contribution is -2.18. The fourth-order valence-corrected chi connectivity index (χ4v) is 4.05. The van der Waals surface area contributed by atoms with E-state index in [-0.39, 0.29) is 11.7 Å². The summed E-state index contributed by atoms with van der Waals surface area (Å²) >= 11 is 7.20. The third-order valence-corrected chi connectivity index (χ3v) is 5.86. The van der Waals surface area contributed by atoms with Gasteiger partial charge in [0.25, 0.3) is 0 Å². The number of hydrogen-bond donors (Lipinski definition) is 1. The minimum absolute atomic E-state index is 0.104. The number of nitrogens with one attached hydrogen (secondary N) is 1. The molecular weight excluding hydrogens is 408 g/mol. The molecule has 0 unspecified atom stereocenters. The van der Waals surface area contributed by atoms with Crippen LogP contribution in [0.2, 0.25) is 5.02 Å². The van der Waals surface area contributed by atoms with Crippen molar-refractivity contribution in [3.05, 3.63) is 59.1 Å². The number of nitrogens with zero attached hydrogens (tertiary/aromatic N) is 5. The number of tetrazole rings is 1. The highest BCUT2D eigenvalue weighted by Crippen LogP contribution is 2.20. The number of aromatic nitrogens is 4. The summed E-state index contributed by atoms with van der Waals surface area (Å²) in [5, 5.41) is 15.8. The molecular formula is C20H21ClN6OS. The largest absolute Gasteiger partial charge is 0.325 e. The van der Waals surface area contributed by atoms with E-state index in [1.54, 1.807) is 16.8 Å². The minimum atomic E-state index is -0.104. The highest BCUT2D eigenvalue weighted by Gasteiger charge is 2.13. The Morgan fingerprint density at radius 2 is 1.79 bits per heavy atom. The quantitative estimate of drug-likeness (QED) is 0.579. The van der Waals surface area contributed by atoms with Crippen molar-refractivity contribution in [3.63, 3.8) is 0 Å².